The normalized spacial score (nSPS) is 17.2. The molecular weight excluding hydrogens is 294 g/mol. The van der Waals surface area contributed by atoms with Gasteiger partial charge in [-0.3, -0.25) is 0 Å². The summed E-state index contributed by atoms with van der Waals surface area (Å²) in [6.45, 7) is 14.1. The molecule has 2 rings (SSSR count). The number of likely N-dealkylation sites (N-methyl/N-ethyl adjacent to an activating group) is 1. The molecule has 0 bridgehead atoms. The summed E-state index contributed by atoms with van der Waals surface area (Å²) in [5.41, 5.74) is 2.53. The van der Waals surface area contributed by atoms with Crippen LogP contribution in [0.1, 0.15) is 61.9 Å². The Kier molecular flexibility index (Phi) is 6.48. The number of hydrogen-bond acceptors (Lipinski definition) is 3. The van der Waals surface area contributed by atoms with E-state index in [1.807, 2.05) is 53.0 Å². The number of ether oxygens (including phenoxy) is 1. The van der Waals surface area contributed by atoms with E-state index in [1.54, 1.807) is 4.90 Å². The van der Waals surface area contributed by atoms with Gasteiger partial charge < -0.3 is 9.64 Å². The number of thiophene rings is 1. The van der Waals surface area contributed by atoms with Crippen LogP contribution in [0.3, 0.4) is 0 Å². The molecule has 1 amide bonds. The lowest BCUT2D eigenvalue weighted by Crippen LogP contribution is -2.43. The number of rotatable bonds is 1. The van der Waals surface area contributed by atoms with E-state index in [0.29, 0.717) is 0 Å². The van der Waals surface area contributed by atoms with Crippen molar-refractivity contribution in [2.24, 2.45) is 0 Å². The minimum atomic E-state index is -0.429. The van der Waals surface area contributed by atoms with Crippen LogP contribution in [-0.4, -0.2) is 29.7 Å². The first-order valence-electron chi connectivity index (χ1n) is 8.22. The summed E-state index contributed by atoms with van der Waals surface area (Å²) in [6, 6.07) is 0.259. The van der Waals surface area contributed by atoms with Gasteiger partial charge in [0.25, 0.3) is 0 Å². The summed E-state index contributed by atoms with van der Waals surface area (Å²) in [5, 5.41) is 0. The van der Waals surface area contributed by atoms with Gasteiger partial charge in [0.15, 0.2) is 0 Å². The smallest absolute Gasteiger partial charge is 0.410 e. The predicted octanol–water partition coefficient (Wildman–Crippen LogP) is 5.12. The molecule has 0 spiro atoms. The molecule has 1 aliphatic rings. The lowest BCUT2D eigenvalue weighted by molar-refractivity contribution is 0.0211. The monoisotopic (exact) mass is 325 g/mol. The summed E-state index contributed by atoms with van der Waals surface area (Å²) in [4.78, 5) is 16.8. The molecule has 126 valence electrons. The van der Waals surface area contributed by atoms with Gasteiger partial charge in [0.05, 0.1) is 0 Å². The second kappa shape index (κ2) is 7.49. The molecule has 0 radical (unpaired) electrons. The fourth-order valence-electron chi connectivity index (χ4n) is 2.68. The van der Waals surface area contributed by atoms with Crippen molar-refractivity contribution in [2.45, 2.75) is 79.4 Å². The zero-order valence-electron chi connectivity index (χ0n) is 15.4. The van der Waals surface area contributed by atoms with Gasteiger partial charge in [-0.1, -0.05) is 13.8 Å². The van der Waals surface area contributed by atoms with Crippen LogP contribution in [0.2, 0.25) is 0 Å². The molecule has 3 nitrogen and oxygen atoms in total. The van der Waals surface area contributed by atoms with E-state index in [2.05, 4.69) is 13.8 Å². The molecule has 4 heteroatoms. The van der Waals surface area contributed by atoms with Crippen molar-refractivity contribution in [1.29, 1.82) is 0 Å². The van der Waals surface area contributed by atoms with Crippen molar-refractivity contribution in [3.05, 3.63) is 20.9 Å². The Hall–Kier alpha value is -1.03. The van der Waals surface area contributed by atoms with Gasteiger partial charge in [-0.2, -0.15) is 0 Å². The van der Waals surface area contributed by atoms with Gasteiger partial charge in [0, 0.05) is 29.3 Å². The third-order valence-corrected chi connectivity index (χ3v) is 5.24. The van der Waals surface area contributed by atoms with Gasteiger partial charge >= 0.3 is 6.09 Å². The second-order valence-electron chi connectivity index (χ2n) is 6.67. The van der Waals surface area contributed by atoms with Crippen molar-refractivity contribution in [1.82, 2.24) is 4.90 Å². The predicted molar refractivity (Wildman–Crippen MR) is 95.0 cm³/mol. The Morgan fingerprint density at radius 1 is 1.27 bits per heavy atom. The Bertz CT molecular complexity index is 514. The zero-order chi connectivity index (χ0) is 17.1. The highest BCUT2D eigenvalue weighted by Gasteiger charge is 2.30. The van der Waals surface area contributed by atoms with Crippen LogP contribution < -0.4 is 0 Å². The molecular formula is C18H31NO2S. The molecule has 0 aliphatic heterocycles. The fourth-order valence-corrected chi connectivity index (χ4v) is 3.98. The quantitative estimate of drug-likeness (QED) is 0.717. The number of fused-ring (bicyclic) bond motifs is 1. The third-order valence-electron chi connectivity index (χ3n) is 3.97. The standard InChI is InChI=1S/C16H25NO2S.C2H6/c1-10-11(2)20-14-9-12(7-8-13(10)14)17(6)15(18)19-16(3,4)5;1-2/h12H,7-9H2,1-6H3;1-2H3. The maximum atomic E-state index is 12.1. The summed E-state index contributed by atoms with van der Waals surface area (Å²) in [7, 11) is 1.86. The van der Waals surface area contributed by atoms with Crippen molar-refractivity contribution < 1.29 is 9.53 Å². The SMILES string of the molecule is CC.Cc1sc2c(c1C)CCC(N(C)C(=O)OC(C)(C)C)C2. The minimum absolute atomic E-state index is 0.212. The van der Waals surface area contributed by atoms with Crippen LogP contribution in [0.25, 0.3) is 0 Å². The Labute approximate surface area is 139 Å². The van der Waals surface area contributed by atoms with Crippen LogP contribution in [-0.2, 0) is 17.6 Å². The van der Waals surface area contributed by atoms with Crippen molar-refractivity contribution in [3.63, 3.8) is 0 Å². The van der Waals surface area contributed by atoms with Crippen LogP contribution in [0.4, 0.5) is 4.79 Å². The van der Waals surface area contributed by atoms with Crippen molar-refractivity contribution >= 4 is 17.4 Å². The number of nitrogens with zero attached hydrogens (tertiary/aromatic N) is 1. The number of aryl methyl sites for hydroxylation is 1. The molecule has 0 saturated heterocycles. The lowest BCUT2D eigenvalue weighted by atomic mass is 9.91. The van der Waals surface area contributed by atoms with Gasteiger partial charge in [0.2, 0.25) is 0 Å². The molecule has 0 aromatic carbocycles. The van der Waals surface area contributed by atoms with Gasteiger partial charge in [0.1, 0.15) is 5.60 Å². The number of amides is 1. The Morgan fingerprint density at radius 2 is 1.86 bits per heavy atom. The minimum Gasteiger partial charge on any atom is -0.444 e. The molecule has 1 heterocycles. The van der Waals surface area contributed by atoms with E-state index in [1.165, 1.54) is 20.9 Å². The lowest BCUT2D eigenvalue weighted by Gasteiger charge is -2.33. The van der Waals surface area contributed by atoms with Gasteiger partial charge in [-0.25, -0.2) is 4.79 Å². The van der Waals surface area contributed by atoms with Crippen molar-refractivity contribution in [3.8, 4) is 0 Å². The highest BCUT2D eigenvalue weighted by atomic mass is 32.1. The highest BCUT2D eigenvalue weighted by molar-refractivity contribution is 7.12. The van der Waals surface area contributed by atoms with E-state index in [0.717, 1.165) is 19.3 Å². The van der Waals surface area contributed by atoms with Crippen molar-refractivity contribution in [2.75, 3.05) is 7.05 Å². The molecule has 1 aromatic heterocycles. The highest BCUT2D eigenvalue weighted by Crippen LogP contribution is 2.34. The zero-order valence-corrected chi connectivity index (χ0v) is 16.2. The van der Waals surface area contributed by atoms with E-state index in [9.17, 15) is 4.79 Å². The molecule has 1 aliphatic carbocycles. The number of hydrogen-bond donors (Lipinski definition) is 0. The number of carbonyl (C=O) groups is 1. The Balaban J connectivity index is 0.00000116. The molecule has 0 saturated carbocycles. The molecule has 1 aromatic rings. The molecule has 1 unspecified atom stereocenters. The van der Waals surface area contributed by atoms with Crippen LogP contribution in [0, 0.1) is 13.8 Å². The molecule has 0 N–H and O–H groups in total. The molecule has 0 fully saturated rings. The number of carbonyl (C=O) groups excluding carboxylic acids is 1. The largest absolute Gasteiger partial charge is 0.444 e. The summed E-state index contributed by atoms with van der Waals surface area (Å²) >= 11 is 1.88. The fraction of sp³-hybridized carbons (Fsp3) is 0.722. The average Bonchev–Trinajstić information content (AvgIpc) is 2.73. The van der Waals surface area contributed by atoms with Crippen LogP contribution in [0.5, 0.6) is 0 Å². The summed E-state index contributed by atoms with van der Waals surface area (Å²) in [5.74, 6) is 0. The van der Waals surface area contributed by atoms with E-state index < -0.39 is 5.60 Å². The molecule has 22 heavy (non-hydrogen) atoms. The van der Waals surface area contributed by atoms with E-state index in [4.69, 9.17) is 4.74 Å². The van der Waals surface area contributed by atoms with Crippen LogP contribution in [0.15, 0.2) is 0 Å². The first-order valence-corrected chi connectivity index (χ1v) is 9.04. The maximum Gasteiger partial charge on any atom is 0.410 e. The molecule has 1 atom stereocenters. The van der Waals surface area contributed by atoms with Gasteiger partial charge in [-0.05, 0) is 58.6 Å². The van der Waals surface area contributed by atoms with Gasteiger partial charge in [-0.15, -0.1) is 11.3 Å². The third kappa shape index (κ3) is 4.48. The summed E-state index contributed by atoms with van der Waals surface area (Å²) < 4.78 is 5.46. The maximum absolute atomic E-state index is 12.1. The van der Waals surface area contributed by atoms with E-state index in [-0.39, 0.29) is 12.1 Å². The van der Waals surface area contributed by atoms with E-state index >= 15 is 0 Å². The topological polar surface area (TPSA) is 29.5 Å². The first-order chi connectivity index (χ1) is 10.2. The van der Waals surface area contributed by atoms with Crippen LogP contribution >= 0.6 is 11.3 Å². The second-order valence-corrected chi connectivity index (χ2v) is 7.98. The first kappa shape index (κ1) is 19.0. The average molecular weight is 326 g/mol. The summed E-state index contributed by atoms with van der Waals surface area (Å²) in [6.07, 6.45) is 2.85. The Morgan fingerprint density at radius 3 is 2.41 bits per heavy atom.